The second-order valence-electron chi connectivity index (χ2n) is 6.40. The van der Waals surface area contributed by atoms with Gasteiger partial charge in [-0.15, -0.1) is 0 Å². The van der Waals surface area contributed by atoms with Crippen molar-refractivity contribution in [2.45, 2.75) is 59.4 Å². The Morgan fingerprint density at radius 3 is 2.54 bits per heavy atom. The van der Waals surface area contributed by atoms with E-state index in [0.717, 1.165) is 44.5 Å². The van der Waals surface area contributed by atoms with E-state index >= 15 is 0 Å². The van der Waals surface area contributed by atoms with Crippen molar-refractivity contribution in [3.63, 3.8) is 0 Å². The van der Waals surface area contributed by atoms with E-state index in [0.29, 0.717) is 6.42 Å². The normalized spacial score (nSPS) is 10.8. The molecule has 4 heteroatoms. The third-order valence-corrected chi connectivity index (χ3v) is 4.33. The number of carbonyl (C=O) groups excluding carboxylic acids is 1. The van der Waals surface area contributed by atoms with Gasteiger partial charge in [0.15, 0.2) is 0 Å². The number of para-hydroxylation sites is 1. The van der Waals surface area contributed by atoms with Crippen molar-refractivity contribution < 1.29 is 4.79 Å². The molecule has 0 bridgehead atoms. The molecule has 2 rings (SSSR count). The van der Waals surface area contributed by atoms with E-state index in [1.54, 1.807) is 0 Å². The molecule has 0 aliphatic heterocycles. The number of unbranched alkanes of at least 4 members (excludes halogenated alkanes) is 2. The molecule has 0 fully saturated rings. The van der Waals surface area contributed by atoms with Crippen LogP contribution in [-0.2, 0) is 11.3 Å². The zero-order valence-corrected chi connectivity index (χ0v) is 15.2. The highest BCUT2D eigenvalue weighted by Gasteiger charge is 2.18. The number of aromatic nitrogens is 2. The Bertz CT molecular complexity index is 614. The van der Waals surface area contributed by atoms with Crippen LogP contribution < -0.4 is 4.90 Å². The average molecular weight is 327 g/mol. The van der Waals surface area contributed by atoms with Crippen LogP contribution in [0.5, 0.6) is 0 Å². The number of imidazole rings is 1. The lowest BCUT2D eigenvalue weighted by Gasteiger charge is -2.26. The van der Waals surface area contributed by atoms with Gasteiger partial charge in [0.1, 0.15) is 0 Å². The van der Waals surface area contributed by atoms with E-state index in [1.807, 2.05) is 23.6 Å². The van der Waals surface area contributed by atoms with Gasteiger partial charge in [0.25, 0.3) is 0 Å². The summed E-state index contributed by atoms with van der Waals surface area (Å²) in [4.78, 5) is 18.7. The molecule has 4 nitrogen and oxygen atoms in total. The first-order valence-electron chi connectivity index (χ1n) is 8.95. The summed E-state index contributed by atoms with van der Waals surface area (Å²) in [7, 11) is 0. The van der Waals surface area contributed by atoms with Crippen LogP contribution in [0.15, 0.2) is 36.9 Å². The van der Waals surface area contributed by atoms with Crippen LogP contribution in [0.3, 0.4) is 0 Å². The van der Waals surface area contributed by atoms with Crippen LogP contribution in [0.1, 0.15) is 50.2 Å². The lowest BCUT2D eigenvalue weighted by atomic mass is 10.1. The summed E-state index contributed by atoms with van der Waals surface area (Å²) in [6.07, 6.45) is 10.4. The minimum Gasteiger partial charge on any atom is -0.337 e. The van der Waals surface area contributed by atoms with Gasteiger partial charge >= 0.3 is 0 Å². The maximum absolute atomic E-state index is 12.6. The Morgan fingerprint density at radius 2 is 1.92 bits per heavy atom. The van der Waals surface area contributed by atoms with Crippen molar-refractivity contribution in [3.8, 4) is 0 Å². The van der Waals surface area contributed by atoms with Gasteiger partial charge in [0.2, 0.25) is 5.91 Å². The maximum Gasteiger partial charge on any atom is 0.226 e. The lowest BCUT2D eigenvalue weighted by Crippen LogP contribution is -2.32. The van der Waals surface area contributed by atoms with Crippen molar-refractivity contribution in [2.75, 3.05) is 11.4 Å². The number of benzene rings is 1. The smallest absolute Gasteiger partial charge is 0.226 e. The molecule has 24 heavy (non-hydrogen) atoms. The number of nitrogens with zero attached hydrogens (tertiary/aromatic N) is 3. The fourth-order valence-electron chi connectivity index (χ4n) is 3.10. The first-order valence-corrected chi connectivity index (χ1v) is 8.95. The Kier molecular flexibility index (Phi) is 7.04. The van der Waals surface area contributed by atoms with E-state index in [1.165, 1.54) is 11.1 Å². The largest absolute Gasteiger partial charge is 0.337 e. The predicted molar refractivity (Wildman–Crippen MR) is 99.3 cm³/mol. The van der Waals surface area contributed by atoms with Gasteiger partial charge in [-0.2, -0.15) is 0 Å². The summed E-state index contributed by atoms with van der Waals surface area (Å²) in [6.45, 7) is 8.04. The van der Waals surface area contributed by atoms with Gasteiger partial charge in [0, 0.05) is 37.6 Å². The van der Waals surface area contributed by atoms with E-state index in [9.17, 15) is 4.79 Å². The summed E-state index contributed by atoms with van der Waals surface area (Å²) >= 11 is 0. The van der Waals surface area contributed by atoms with E-state index in [-0.39, 0.29) is 5.91 Å². The van der Waals surface area contributed by atoms with Crippen LogP contribution in [0.25, 0.3) is 0 Å². The number of amides is 1. The van der Waals surface area contributed by atoms with Crippen LogP contribution in [0, 0.1) is 13.8 Å². The van der Waals surface area contributed by atoms with Crippen LogP contribution in [0.2, 0.25) is 0 Å². The molecule has 2 aromatic rings. The van der Waals surface area contributed by atoms with Crippen molar-refractivity contribution in [2.24, 2.45) is 0 Å². The number of carbonyl (C=O) groups is 1. The summed E-state index contributed by atoms with van der Waals surface area (Å²) in [5, 5.41) is 0. The predicted octanol–water partition coefficient (Wildman–Crippen LogP) is 4.50. The molecule has 1 heterocycles. The Hall–Kier alpha value is -2.10. The van der Waals surface area contributed by atoms with Gasteiger partial charge in [-0.3, -0.25) is 4.79 Å². The first kappa shape index (κ1) is 18.2. The topological polar surface area (TPSA) is 38.1 Å². The van der Waals surface area contributed by atoms with Crippen molar-refractivity contribution in [3.05, 3.63) is 48.0 Å². The molecule has 0 atom stereocenters. The highest BCUT2D eigenvalue weighted by molar-refractivity contribution is 5.94. The molecule has 0 aliphatic carbocycles. The maximum atomic E-state index is 12.6. The van der Waals surface area contributed by atoms with E-state index < -0.39 is 0 Å². The average Bonchev–Trinajstić information content (AvgIpc) is 3.06. The SMILES string of the molecule is CCCC(=O)N(CCCCCn1ccnc1)c1c(C)cccc1C. The molecule has 0 aliphatic rings. The Morgan fingerprint density at radius 1 is 1.17 bits per heavy atom. The van der Waals surface area contributed by atoms with Gasteiger partial charge in [-0.25, -0.2) is 4.98 Å². The number of hydrogen-bond acceptors (Lipinski definition) is 2. The lowest BCUT2D eigenvalue weighted by molar-refractivity contribution is -0.118. The monoisotopic (exact) mass is 327 g/mol. The standard InChI is InChI=1S/C20H29N3O/c1-4-9-19(24)23(20-17(2)10-8-11-18(20)3)14-7-5-6-13-22-15-12-21-16-22/h8,10-12,15-16H,4-7,9,13-14H2,1-3H3. The summed E-state index contributed by atoms with van der Waals surface area (Å²) < 4.78 is 2.10. The molecule has 0 saturated heterocycles. The van der Waals surface area contributed by atoms with Crippen molar-refractivity contribution >= 4 is 11.6 Å². The fourth-order valence-corrected chi connectivity index (χ4v) is 3.10. The zero-order valence-electron chi connectivity index (χ0n) is 15.2. The van der Waals surface area contributed by atoms with Gasteiger partial charge in [-0.05, 0) is 50.7 Å². The van der Waals surface area contributed by atoms with E-state index in [4.69, 9.17) is 0 Å². The van der Waals surface area contributed by atoms with Gasteiger partial charge in [0.05, 0.1) is 6.33 Å². The highest BCUT2D eigenvalue weighted by Crippen LogP contribution is 2.26. The minimum absolute atomic E-state index is 0.240. The first-order chi connectivity index (χ1) is 11.6. The molecule has 130 valence electrons. The van der Waals surface area contributed by atoms with Crippen LogP contribution >= 0.6 is 0 Å². The zero-order chi connectivity index (χ0) is 17.4. The Labute approximate surface area is 145 Å². The summed E-state index contributed by atoms with van der Waals surface area (Å²) in [6, 6.07) is 6.24. The van der Waals surface area contributed by atoms with Crippen molar-refractivity contribution in [1.29, 1.82) is 0 Å². The molecule has 0 N–H and O–H groups in total. The number of rotatable bonds is 9. The molecule has 0 saturated carbocycles. The van der Waals surface area contributed by atoms with Crippen LogP contribution in [0.4, 0.5) is 5.69 Å². The van der Waals surface area contributed by atoms with Crippen molar-refractivity contribution in [1.82, 2.24) is 9.55 Å². The molecular weight excluding hydrogens is 298 g/mol. The summed E-state index contributed by atoms with van der Waals surface area (Å²) in [5.74, 6) is 0.240. The minimum atomic E-state index is 0.240. The molecule has 1 amide bonds. The molecular formula is C20H29N3O. The van der Waals surface area contributed by atoms with Gasteiger partial charge in [-0.1, -0.05) is 25.1 Å². The molecule has 0 unspecified atom stereocenters. The molecule has 1 aromatic heterocycles. The second kappa shape index (κ2) is 9.26. The number of anilines is 1. The quantitative estimate of drug-likeness (QED) is 0.636. The third kappa shape index (κ3) is 4.95. The Balaban J connectivity index is 1.95. The highest BCUT2D eigenvalue weighted by atomic mass is 16.2. The summed E-state index contributed by atoms with van der Waals surface area (Å²) in [5.41, 5.74) is 3.46. The number of aryl methyl sites for hydroxylation is 3. The number of hydrogen-bond donors (Lipinski definition) is 0. The molecule has 1 aromatic carbocycles. The van der Waals surface area contributed by atoms with E-state index in [2.05, 4.69) is 48.5 Å². The fraction of sp³-hybridized carbons (Fsp3) is 0.500. The third-order valence-electron chi connectivity index (χ3n) is 4.33. The van der Waals surface area contributed by atoms with Crippen LogP contribution in [-0.4, -0.2) is 22.0 Å². The molecule has 0 radical (unpaired) electrons. The molecule has 0 spiro atoms. The second-order valence-corrected chi connectivity index (χ2v) is 6.40. The van der Waals surface area contributed by atoms with Gasteiger partial charge < -0.3 is 9.47 Å².